The summed E-state index contributed by atoms with van der Waals surface area (Å²) in [5.41, 5.74) is 4.03. The van der Waals surface area contributed by atoms with Gasteiger partial charge in [0, 0.05) is 46.2 Å². The van der Waals surface area contributed by atoms with E-state index in [1.54, 1.807) is 24.3 Å². The molecule has 2 heterocycles. The Balaban J connectivity index is 0.00000256. The first-order chi connectivity index (χ1) is 14.0. The monoisotopic (exact) mass is 460 g/mol. The summed E-state index contributed by atoms with van der Waals surface area (Å²) in [5, 5.41) is 8.18. The summed E-state index contributed by atoms with van der Waals surface area (Å²) >= 11 is 7.44. The number of hydrogen-bond donors (Lipinski definition) is 2. The minimum atomic E-state index is -0.137. The van der Waals surface area contributed by atoms with Gasteiger partial charge in [-0.25, -0.2) is 4.98 Å². The van der Waals surface area contributed by atoms with Crippen LogP contribution in [0.3, 0.4) is 0 Å². The fourth-order valence-corrected chi connectivity index (χ4v) is 3.93. The largest absolute Gasteiger partial charge is 0.326 e. The van der Waals surface area contributed by atoms with Crippen LogP contribution in [-0.4, -0.2) is 21.2 Å². The molecular weight excluding hydrogens is 443 g/mol. The molecule has 30 heavy (non-hydrogen) atoms. The van der Waals surface area contributed by atoms with Gasteiger partial charge in [-0.1, -0.05) is 23.7 Å². The number of anilines is 2. The minimum Gasteiger partial charge on any atom is -0.326 e. The van der Waals surface area contributed by atoms with Crippen molar-refractivity contribution in [2.45, 2.75) is 13.3 Å². The number of fused-ring (bicyclic) bond motifs is 1. The van der Waals surface area contributed by atoms with Crippen molar-refractivity contribution >= 4 is 63.5 Å². The third-order valence-corrected chi connectivity index (χ3v) is 5.39. The van der Waals surface area contributed by atoms with Crippen LogP contribution in [-0.2, 0) is 16.0 Å². The lowest BCUT2D eigenvalue weighted by Crippen LogP contribution is -2.15. The molecule has 0 spiro atoms. The van der Waals surface area contributed by atoms with Crippen LogP contribution in [0.1, 0.15) is 12.6 Å². The fourth-order valence-electron chi connectivity index (χ4n) is 2.93. The molecule has 0 atom stereocenters. The van der Waals surface area contributed by atoms with Crippen LogP contribution in [0.2, 0.25) is 5.02 Å². The quantitative estimate of drug-likeness (QED) is 0.425. The first-order valence-corrected chi connectivity index (χ1v) is 10.1. The molecule has 2 N–H and O–H groups in total. The van der Waals surface area contributed by atoms with Crippen LogP contribution in [0.4, 0.5) is 11.4 Å². The highest BCUT2D eigenvalue weighted by Gasteiger charge is 2.13. The van der Waals surface area contributed by atoms with Crippen molar-refractivity contribution in [1.29, 1.82) is 0 Å². The lowest BCUT2D eigenvalue weighted by molar-refractivity contribution is -0.116. The van der Waals surface area contributed by atoms with E-state index in [-0.39, 0.29) is 30.6 Å². The van der Waals surface area contributed by atoms with E-state index in [9.17, 15) is 9.59 Å². The number of aromatic nitrogens is 2. The molecule has 9 heteroatoms. The third-order valence-electron chi connectivity index (χ3n) is 4.25. The molecule has 0 bridgehead atoms. The zero-order chi connectivity index (χ0) is 20.4. The summed E-state index contributed by atoms with van der Waals surface area (Å²) in [6, 6.07) is 14.5. The maximum Gasteiger partial charge on any atom is 0.230 e. The van der Waals surface area contributed by atoms with Crippen molar-refractivity contribution in [2.24, 2.45) is 0 Å². The number of carbonyl (C=O) groups excluding carboxylic acids is 2. The molecule has 2 amide bonds. The SMILES string of the molecule is CC(=O)Nc1ccc(NC(=O)Cc2csc3nc(-c4ccc(Cl)cc4)cn23)cc1.Cl. The van der Waals surface area contributed by atoms with Crippen LogP contribution >= 0.6 is 35.3 Å². The van der Waals surface area contributed by atoms with Crippen LogP contribution in [0.25, 0.3) is 16.2 Å². The van der Waals surface area contributed by atoms with E-state index in [1.165, 1.54) is 18.3 Å². The average molecular weight is 461 g/mol. The van der Waals surface area contributed by atoms with Gasteiger partial charge >= 0.3 is 0 Å². The zero-order valence-corrected chi connectivity index (χ0v) is 18.3. The molecule has 0 unspecified atom stereocenters. The van der Waals surface area contributed by atoms with E-state index in [0.29, 0.717) is 16.4 Å². The second-order valence-corrected chi connectivity index (χ2v) is 7.77. The molecule has 2 aromatic carbocycles. The lowest BCUT2D eigenvalue weighted by Gasteiger charge is -2.07. The number of nitrogens with one attached hydrogen (secondary N) is 2. The van der Waals surface area contributed by atoms with Crippen molar-refractivity contribution in [3.8, 4) is 11.3 Å². The van der Waals surface area contributed by atoms with Gasteiger partial charge in [-0.15, -0.1) is 23.7 Å². The summed E-state index contributed by atoms with van der Waals surface area (Å²) in [7, 11) is 0. The van der Waals surface area contributed by atoms with Crippen molar-refractivity contribution in [2.75, 3.05) is 10.6 Å². The van der Waals surface area contributed by atoms with Gasteiger partial charge in [0.15, 0.2) is 4.96 Å². The summed E-state index contributed by atoms with van der Waals surface area (Å²) in [4.78, 5) is 29.0. The Morgan fingerprint density at radius 1 is 1.03 bits per heavy atom. The predicted molar refractivity (Wildman–Crippen MR) is 124 cm³/mol. The Morgan fingerprint density at radius 3 is 2.30 bits per heavy atom. The second kappa shape index (κ2) is 9.30. The number of hydrogen-bond acceptors (Lipinski definition) is 4. The van der Waals surface area contributed by atoms with Crippen molar-refractivity contribution in [3.63, 3.8) is 0 Å². The minimum absolute atomic E-state index is 0. The molecular formula is C21H18Cl2N4O2S. The third kappa shape index (κ3) is 4.99. The van der Waals surface area contributed by atoms with Gasteiger partial charge in [0.2, 0.25) is 11.8 Å². The van der Waals surface area contributed by atoms with E-state index in [1.807, 2.05) is 40.2 Å². The van der Waals surface area contributed by atoms with Crippen molar-refractivity contribution < 1.29 is 9.59 Å². The Labute approximate surface area is 188 Å². The first-order valence-electron chi connectivity index (χ1n) is 8.87. The van der Waals surface area contributed by atoms with Gasteiger partial charge < -0.3 is 10.6 Å². The number of carbonyl (C=O) groups is 2. The van der Waals surface area contributed by atoms with Crippen molar-refractivity contribution in [1.82, 2.24) is 9.38 Å². The average Bonchev–Trinajstić information content (AvgIpc) is 3.26. The molecule has 0 saturated carbocycles. The number of nitrogens with zero attached hydrogens (tertiary/aromatic N) is 2. The highest BCUT2D eigenvalue weighted by Crippen LogP contribution is 2.25. The van der Waals surface area contributed by atoms with E-state index < -0.39 is 0 Å². The topological polar surface area (TPSA) is 75.5 Å². The number of imidazole rings is 1. The van der Waals surface area contributed by atoms with E-state index >= 15 is 0 Å². The Bertz CT molecular complexity index is 1180. The molecule has 0 aliphatic heterocycles. The van der Waals surface area contributed by atoms with Crippen LogP contribution in [0.5, 0.6) is 0 Å². The molecule has 6 nitrogen and oxygen atoms in total. The summed E-state index contributed by atoms with van der Waals surface area (Å²) < 4.78 is 1.94. The number of rotatable bonds is 5. The standard InChI is InChI=1S/C21H17ClN4O2S.ClH/c1-13(27)23-16-6-8-17(9-7-16)24-20(28)10-18-12-29-21-25-19(11-26(18)21)14-2-4-15(22)5-3-14;/h2-9,11-12H,10H2,1H3,(H,23,27)(H,24,28);1H. The van der Waals surface area contributed by atoms with Gasteiger partial charge in [-0.2, -0.15) is 0 Å². The van der Waals surface area contributed by atoms with Gasteiger partial charge in [-0.05, 0) is 36.4 Å². The van der Waals surface area contributed by atoms with E-state index in [4.69, 9.17) is 11.6 Å². The van der Waals surface area contributed by atoms with Crippen LogP contribution in [0, 0.1) is 0 Å². The Morgan fingerprint density at radius 2 is 1.67 bits per heavy atom. The molecule has 0 fully saturated rings. The smallest absolute Gasteiger partial charge is 0.230 e. The maximum atomic E-state index is 12.5. The molecule has 0 saturated heterocycles. The van der Waals surface area contributed by atoms with Crippen molar-refractivity contribution in [3.05, 3.63) is 70.8 Å². The van der Waals surface area contributed by atoms with Gasteiger partial charge in [0.25, 0.3) is 0 Å². The number of thiazole rings is 1. The normalized spacial score (nSPS) is 10.5. The first kappa shape index (κ1) is 21.8. The summed E-state index contributed by atoms with van der Waals surface area (Å²) in [6.07, 6.45) is 2.16. The predicted octanol–water partition coefficient (Wildman–Crippen LogP) is 5.28. The zero-order valence-electron chi connectivity index (χ0n) is 15.9. The Kier molecular flexibility index (Phi) is 6.77. The lowest BCUT2D eigenvalue weighted by atomic mass is 10.2. The maximum absolute atomic E-state index is 12.5. The fraction of sp³-hybridized carbons (Fsp3) is 0.0952. The molecule has 0 radical (unpaired) electrons. The van der Waals surface area contributed by atoms with Crippen LogP contribution in [0.15, 0.2) is 60.1 Å². The molecule has 0 aliphatic rings. The van der Waals surface area contributed by atoms with Gasteiger partial charge in [0.05, 0.1) is 12.1 Å². The highest BCUT2D eigenvalue weighted by atomic mass is 35.5. The van der Waals surface area contributed by atoms with Gasteiger partial charge in [-0.3, -0.25) is 14.0 Å². The summed E-state index contributed by atoms with van der Waals surface area (Å²) in [5.74, 6) is -0.264. The highest BCUT2D eigenvalue weighted by molar-refractivity contribution is 7.15. The molecule has 154 valence electrons. The summed E-state index contributed by atoms with van der Waals surface area (Å²) in [6.45, 7) is 1.45. The number of halogens is 2. The molecule has 4 aromatic rings. The molecule has 4 rings (SSSR count). The van der Waals surface area contributed by atoms with E-state index in [0.717, 1.165) is 21.9 Å². The molecule has 0 aliphatic carbocycles. The van der Waals surface area contributed by atoms with E-state index in [2.05, 4.69) is 15.6 Å². The Hall–Kier alpha value is -2.87. The number of benzene rings is 2. The second-order valence-electron chi connectivity index (χ2n) is 6.50. The number of amides is 2. The van der Waals surface area contributed by atoms with Gasteiger partial charge in [0.1, 0.15) is 0 Å². The molecule has 2 aromatic heterocycles. The van der Waals surface area contributed by atoms with Crippen LogP contribution < -0.4 is 10.6 Å².